The van der Waals surface area contributed by atoms with Crippen molar-refractivity contribution in [3.8, 4) is 17.5 Å². The minimum atomic E-state index is 0.117. The van der Waals surface area contributed by atoms with Gasteiger partial charge in [-0.3, -0.25) is 0 Å². The van der Waals surface area contributed by atoms with E-state index in [0.717, 1.165) is 30.8 Å². The molecule has 6 nitrogen and oxygen atoms in total. The summed E-state index contributed by atoms with van der Waals surface area (Å²) in [6.07, 6.45) is 3.66. The average molecular weight is 366 g/mol. The van der Waals surface area contributed by atoms with Crippen LogP contribution in [0.25, 0.3) is 11.4 Å². The van der Waals surface area contributed by atoms with Crippen LogP contribution >= 0.6 is 11.6 Å². The van der Waals surface area contributed by atoms with Gasteiger partial charge < -0.3 is 9.42 Å². The number of benzene rings is 1. The second kappa shape index (κ2) is 7.14. The molecule has 0 N–H and O–H groups in total. The first kappa shape index (κ1) is 16.6. The van der Waals surface area contributed by atoms with E-state index in [9.17, 15) is 5.26 Å². The molecule has 1 saturated heterocycles. The molecule has 1 aromatic carbocycles. The monoisotopic (exact) mass is 365 g/mol. The number of pyridine rings is 1. The molecule has 3 aromatic rings. The third kappa shape index (κ3) is 3.26. The van der Waals surface area contributed by atoms with Crippen molar-refractivity contribution in [1.29, 1.82) is 5.26 Å². The summed E-state index contributed by atoms with van der Waals surface area (Å²) in [5.74, 6) is 2.02. The molecule has 0 aliphatic carbocycles. The van der Waals surface area contributed by atoms with Gasteiger partial charge in [-0.25, -0.2) is 4.98 Å². The van der Waals surface area contributed by atoms with Gasteiger partial charge in [-0.15, -0.1) is 0 Å². The highest BCUT2D eigenvalue weighted by atomic mass is 35.5. The SMILES string of the molecule is N#Cc1cccnc1N1CCCC(c2nc(-c3ccc(Cl)cc3)no2)C1. The Hall–Kier alpha value is -2.91. The van der Waals surface area contributed by atoms with Gasteiger partial charge in [0.25, 0.3) is 0 Å². The van der Waals surface area contributed by atoms with Crippen LogP contribution in [0, 0.1) is 11.3 Å². The van der Waals surface area contributed by atoms with Gasteiger partial charge in [-0.2, -0.15) is 10.2 Å². The van der Waals surface area contributed by atoms with E-state index in [2.05, 4.69) is 26.1 Å². The molecule has 0 saturated carbocycles. The molecule has 1 atom stereocenters. The third-order valence-electron chi connectivity index (χ3n) is 4.52. The molecule has 130 valence electrons. The highest BCUT2D eigenvalue weighted by Gasteiger charge is 2.28. The van der Waals surface area contributed by atoms with E-state index in [1.807, 2.05) is 12.1 Å². The fraction of sp³-hybridized carbons (Fsp3) is 0.263. The van der Waals surface area contributed by atoms with E-state index < -0.39 is 0 Å². The number of hydrogen-bond donors (Lipinski definition) is 0. The number of aromatic nitrogens is 3. The lowest BCUT2D eigenvalue weighted by atomic mass is 9.97. The van der Waals surface area contributed by atoms with Crippen LogP contribution in [0.4, 0.5) is 5.82 Å². The Morgan fingerprint density at radius 2 is 2.08 bits per heavy atom. The molecule has 7 heteroatoms. The van der Waals surface area contributed by atoms with Gasteiger partial charge in [0, 0.05) is 29.9 Å². The number of piperidine rings is 1. The summed E-state index contributed by atoms with van der Waals surface area (Å²) in [6.45, 7) is 1.56. The number of anilines is 1. The average Bonchev–Trinajstić information content (AvgIpc) is 3.19. The van der Waals surface area contributed by atoms with Gasteiger partial charge in [0.1, 0.15) is 11.9 Å². The second-order valence-electron chi connectivity index (χ2n) is 6.23. The Morgan fingerprint density at radius 1 is 1.23 bits per heavy atom. The van der Waals surface area contributed by atoms with Gasteiger partial charge >= 0.3 is 0 Å². The van der Waals surface area contributed by atoms with Crippen LogP contribution in [0.5, 0.6) is 0 Å². The molecule has 0 amide bonds. The van der Waals surface area contributed by atoms with Crippen LogP contribution < -0.4 is 4.90 Å². The van der Waals surface area contributed by atoms with Crippen molar-refractivity contribution in [3.05, 3.63) is 59.1 Å². The quantitative estimate of drug-likeness (QED) is 0.696. The second-order valence-corrected chi connectivity index (χ2v) is 6.67. The summed E-state index contributed by atoms with van der Waals surface area (Å²) in [7, 11) is 0. The Labute approximate surface area is 156 Å². The zero-order chi connectivity index (χ0) is 17.9. The molecule has 0 radical (unpaired) electrons. The van der Waals surface area contributed by atoms with Gasteiger partial charge in [0.05, 0.1) is 11.5 Å². The fourth-order valence-corrected chi connectivity index (χ4v) is 3.35. The number of rotatable bonds is 3. The maximum Gasteiger partial charge on any atom is 0.231 e. The lowest BCUT2D eigenvalue weighted by Gasteiger charge is -2.32. The first-order valence-electron chi connectivity index (χ1n) is 8.44. The minimum absolute atomic E-state index is 0.117. The van der Waals surface area contributed by atoms with E-state index in [1.165, 1.54) is 0 Å². The minimum Gasteiger partial charge on any atom is -0.355 e. The van der Waals surface area contributed by atoms with Gasteiger partial charge in [0.15, 0.2) is 0 Å². The van der Waals surface area contributed by atoms with E-state index in [4.69, 9.17) is 16.1 Å². The largest absolute Gasteiger partial charge is 0.355 e. The molecule has 3 heterocycles. The van der Waals surface area contributed by atoms with Gasteiger partial charge in [0.2, 0.25) is 11.7 Å². The van der Waals surface area contributed by atoms with Crippen LogP contribution in [-0.2, 0) is 0 Å². The highest BCUT2D eigenvalue weighted by molar-refractivity contribution is 6.30. The lowest BCUT2D eigenvalue weighted by molar-refractivity contribution is 0.333. The Kier molecular flexibility index (Phi) is 4.55. The topological polar surface area (TPSA) is 78.8 Å². The summed E-state index contributed by atoms with van der Waals surface area (Å²) < 4.78 is 5.52. The maximum absolute atomic E-state index is 9.31. The van der Waals surface area contributed by atoms with Crippen molar-refractivity contribution >= 4 is 17.4 Å². The van der Waals surface area contributed by atoms with Gasteiger partial charge in [-0.05, 0) is 49.2 Å². The van der Waals surface area contributed by atoms with E-state index in [1.54, 1.807) is 30.5 Å². The predicted octanol–water partition coefficient (Wildman–Crippen LogP) is 4.04. The van der Waals surface area contributed by atoms with Crippen LogP contribution in [0.2, 0.25) is 5.02 Å². The van der Waals surface area contributed by atoms with Crippen molar-refractivity contribution in [3.63, 3.8) is 0 Å². The van der Waals surface area contributed by atoms with Crippen LogP contribution in [0.1, 0.15) is 30.2 Å². The number of halogens is 1. The van der Waals surface area contributed by atoms with E-state index >= 15 is 0 Å². The van der Waals surface area contributed by atoms with Crippen molar-refractivity contribution in [1.82, 2.24) is 15.1 Å². The number of hydrogen-bond acceptors (Lipinski definition) is 6. The molecular formula is C19H16ClN5O. The molecule has 2 aromatic heterocycles. The van der Waals surface area contributed by atoms with Crippen LogP contribution in [0.3, 0.4) is 0 Å². The molecule has 4 rings (SSSR count). The van der Waals surface area contributed by atoms with Crippen molar-refractivity contribution in [2.24, 2.45) is 0 Å². The Bertz CT molecular complexity index is 947. The van der Waals surface area contributed by atoms with Crippen molar-refractivity contribution < 1.29 is 4.52 Å². The van der Waals surface area contributed by atoms with E-state index in [-0.39, 0.29) is 5.92 Å². The summed E-state index contributed by atoms with van der Waals surface area (Å²) >= 11 is 5.93. The molecule has 1 fully saturated rings. The van der Waals surface area contributed by atoms with Crippen LogP contribution in [0.15, 0.2) is 47.1 Å². The standard InChI is InChI=1S/C19H16ClN5O/c20-16-7-5-13(6-8-16)17-23-19(26-24-17)15-4-2-10-25(12-15)18-14(11-21)3-1-9-22-18/h1,3,5-9,15H,2,4,10,12H2. The lowest BCUT2D eigenvalue weighted by Crippen LogP contribution is -2.35. The molecular weight excluding hydrogens is 350 g/mol. The molecule has 1 unspecified atom stereocenters. The first-order valence-corrected chi connectivity index (χ1v) is 8.82. The normalized spacial score (nSPS) is 17.1. The summed E-state index contributed by atoms with van der Waals surface area (Å²) in [5.41, 5.74) is 1.45. The van der Waals surface area contributed by atoms with Gasteiger partial charge in [-0.1, -0.05) is 16.8 Å². The molecule has 26 heavy (non-hydrogen) atoms. The molecule has 0 spiro atoms. The summed E-state index contributed by atoms with van der Waals surface area (Å²) in [4.78, 5) is 11.1. The number of nitriles is 1. The zero-order valence-corrected chi connectivity index (χ0v) is 14.7. The molecule has 1 aliphatic heterocycles. The number of nitrogens with zero attached hydrogens (tertiary/aromatic N) is 5. The summed E-state index contributed by atoms with van der Waals surface area (Å²) in [6, 6.07) is 13.1. The smallest absolute Gasteiger partial charge is 0.231 e. The molecule has 1 aliphatic rings. The predicted molar refractivity (Wildman–Crippen MR) is 97.9 cm³/mol. The van der Waals surface area contributed by atoms with Crippen molar-refractivity contribution in [2.45, 2.75) is 18.8 Å². The maximum atomic E-state index is 9.31. The zero-order valence-electron chi connectivity index (χ0n) is 14.0. The Morgan fingerprint density at radius 3 is 2.88 bits per heavy atom. The first-order chi connectivity index (χ1) is 12.7. The van der Waals surface area contributed by atoms with E-state index in [0.29, 0.717) is 28.8 Å². The third-order valence-corrected chi connectivity index (χ3v) is 4.77. The fourth-order valence-electron chi connectivity index (χ4n) is 3.22. The van der Waals surface area contributed by atoms with Crippen LogP contribution in [-0.4, -0.2) is 28.2 Å². The highest BCUT2D eigenvalue weighted by Crippen LogP contribution is 2.30. The Balaban J connectivity index is 1.55. The summed E-state index contributed by atoms with van der Waals surface area (Å²) in [5, 5.41) is 14.1. The van der Waals surface area contributed by atoms with Crippen molar-refractivity contribution in [2.75, 3.05) is 18.0 Å². The molecule has 0 bridgehead atoms.